The summed E-state index contributed by atoms with van der Waals surface area (Å²) in [4.78, 5) is 10.3. The van der Waals surface area contributed by atoms with Gasteiger partial charge >= 0.3 is 0 Å². The molecule has 1 rings (SSSR count). The molecule has 23 heavy (non-hydrogen) atoms. The van der Waals surface area contributed by atoms with Crippen LogP contribution in [0.4, 0.5) is 5.69 Å². The normalized spacial score (nSPS) is 12.6. The van der Waals surface area contributed by atoms with Crippen molar-refractivity contribution >= 4 is 31.9 Å². The van der Waals surface area contributed by atoms with Crippen LogP contribution in [0.2, 0.25) is 0 Å². The molecule has 0 aromatic heterocycles. The van der Waals surface area contributed by atoms with Crippen LogP contribution in [0.25, 0.3) is 6.08 Å². The number of nitrogens with zero attached hydrogens (tertiary/aromatic N) is 1. The molecule has 1 N–H and O–H groups in total. The number of nitro groups is 1. The molecule has 0 aliphatic heterocycles. The molecular weight excluding hydrogens is 348 g/mol. The summed E-state index contributed by atoms with van der Waals surface area (Å²) in [6.07, 6.45) is 3.46. The summed E-state index contributed by atoms with van der Waals surface area (Å²) in [6, 6.07) is 5.92. The Balaban J connectivity index is 2.58. The highest BCUT2D eigenvalue weighted by molar-refractivity contribution is 7.89. The topological polar surface area (TPSA) is 133 Å². The lowest BCUT2D eigenvalue weighted by atomic mass is 10.2. The second kappa shape index (κ2) is 8.15. The molecule has 9 nitrogen and oxygen atoms in total. The molecule has 0 atom stereocenters. The van der Waals surface area contributed by atoms with E-state index in [9.17, 15) is 26.9 Å². The van der Waals surface area contributed by atoms with Gasteiger partial charge in [-0.1, -0.05) is 24.3 Å². The van der Waals surface area contributed by atoms with Crippen molar-refractivity contribution < 1.29 is 25.9 Å². The second-order valence-corrected chi connectivity index (χ2v) is 7.92. The molecule has 0 heterocycles. The maximum Gasteiger partial charge on any atom is 0.276 e. The van der Waals surface area contributed by atoms with Gasteiger partial charge in [0.1, 0.15) is 0 Å². The Morgan fingerprint density at radius 1 is 1.26 bits per heavy atom. The van der Waals surface area contributed by atoms with Gasteiger partial charge in [0.15, 0.2) is 0 Å². The standard InChI is InChI=1S/C12H16N2O7S2/c1-22(17,18)21-9-8-13-23(19,20)10-4-6-11-5-2-3-7-12(11)14(15)16/h2-7,13H,8-10H2,1H3. The second-order valence-electron chi connectivity index (χ2n) is 4.42. The van der Waals surface area contributed by atoms with Crippen molar-refractivity contribution in [2.24, 2.45) is 0 Å². The van der Waals surface area contributed by atoms with Gasteiger partial charge in [0.2, 0.25) is 10.0 Å². The predicted octanol–water partition coefficient (Wildman–Crippen LogP) is 0.504. The van der Waals surface area contributed by atoms with E-state index in [0.29, 0.717) is 0 Å². The lowest BCUT2D eigenvalue weighted by Crippen LogP contribution is -2.29. The van der Waals surface area contributed by atoms with Crippen LogP contribution in [-0.4, -0.2) is 46.9 Å². The van der Waals surface area contributed by atoms with Gasteiger partial charge in [-0.3, -0.25) is 14.3 Å². The maximum atomic E-state index is 11.7. The maximum absolute atomic E-state index is 11.7. The summed E-state index contributed by atoms with van der Waals surface area (Å²) in [6.45, 7) is -0.513. The quantitative estimate of drug-likeness (QED) is 0.292. The summed E-state index contributed by atoms with van der Waals surface area (Å²) in [5, 5.41) is 10.8. The van der Waals surface area contributed by atoms with E-state index in [-0.39, 0.29) is 24.4 Å². The van der Waals surface area contributed by atoms with Crippen LogP contribution in [0.1, 0.15) is 5.56 Å². The molecule has 0 fully saturated rings. The van der Waals surface area contributed by atoms with Crippen LogP contribution < -0.4 is 4.72 Å². The van der Waals surface area contributed by atoms with Crippen LogP contribution in [0, 0.1) is 10.1 Å². The molecule has 0 spiro atoms. The molecular formula is C12H16N2O7S2. The minimum Gasteiger partial charge on any atom is -0.269 e. The van der Waals surface area contributed by atoms with Crippen LogP contribution in [0.3, 0.4) is 0 Å². The smallest absolute Gasteiger partial charge is 0.269 e. The molecule has 0 aliphatic carbocycles. The Morgan fingerprint density at radius 3 is 2.52 bits per heavy atom. The van der Waals surface area contributed by atoms with Crippen molar-refractivity contribution in [3.05, 3.63) is 46.0 Å². The lowest BCUT2D eigenvalue weighted by Gasteiger charge is -2.04. The van der Waals surface area contributed by atoms with Gasteiger partial charge in [-0.05, 0) is 6.07 Å². The Kier molecular flexibility index (Phi) is 6.81. The molecule has 1 aromatic carbocycles. The predicted molar refractivity (Wildman–Crippen MR) is 84.7 cm³/mol. The number of sulfonamides is 1. The van der Waals surface area contributed by atoms with E-state index < -0.39 is 30.8 Å². The minimum atomic E-state index is -3.68. The van der Waals surface area contributed by atoms with E-state index in [1.165, 1.54) is 30.4 Å². The highest BCUT2D eigenvalue weighted by Gasteiger charge is 2.11. The van der Waals surface area contributed by atoms with Gasteiger partial charge in [0, 0.05) is 12.6 Å². The minimum absolute atomic E-state index is 0.129. The van der Waals surface area contributed by atoms with Gasteiger partial charge in [-0.25, -0.2) is 13.1 Å². The first-order valence-electron chi connectivity index (χ1n) is 6.32. The molecule has 0 aliphatic rings. The fourth-order valence-corrected chi connectivity index (χ4v) is 2.79. The van der Waals surface area contributed by atoms with Gasteiger partial charge < -0.3 is 0 Å². The van der Waals surface area contributed by atoms with Crippen molar-refractivity contribution in [1.82, 2.24) is 4.72 Å². The molecule has 0 bridgehead atoms. The molecule has 0 amide bonds. The van der Waals surface area contributed by atoms with E-state index >= 15 is 0 Å². The summed E-state index contributed by atoms with van der Waals surface area (Å²) >= 11 is 0. The number of hydrogen-bond donors (Lipinski definition) is 1. The molecule has 11 heteroatoms. The van der Waals surface area contributed by atoms with E-state index in [0.717, 1.165) is 6.26 Å². The summed E-state index contributed by atoms with van der Waals surface area (Å²) in [5.74, 6) is -0.405. The SMILES string of the molecule is CS(=O)(=O)OCCNS(=O)(=O)CC=Cc1ccccc1[N+](=O)[O-]. The Hall–Kier alpha value is -1.82. The Labute approximate surface area is 134 Å². The molecule has 0 saturated heterocycles. The fraction of sp³-hybridized carbons (Fsp3) is 0.333. The third-order valence-electron chi connectivity index (χ3n) is 2.47. The summed E-state index contributed by atoms with van der Waals surface area (Å²) in [5.41, 5.74) is 0.156. The fourth-order valence-electron chi connectivity index (χ4n) is 1.55. The number of benzene rings is 1. The third kappa shape index (κ3) is 7.83. The average molecular weight is 364 g/mol. The summed E-state index contributed by atoms with van der Waals surface area (Å²) in [7, 11) is -7.30. The number of hydrogen-bond acceptors (Lipinski definition) is 7. The first-order valence-corrected chi connectivity index (χ1v) is 9.79. The molecule has 1 aromatic rings. The zero-order chi connectivity index (χ0) is 17.5. The molecule has 128 valence electrons. The lowest BCUT2D eigenvalue weighted by molar-refractivity contribution is -0.385. The number of rotatable bonds is 9. The van der Waals surface area contributed by atoms with Crippen molar-refractivity contribution in [3.8, 4) is 0 Å². The van der Waals surface area contributed by atoms with Crippen molar-refractivity contribution in [1.29, 1.82) is 0 Å². The Bertz CT molecular complexity index is 785. The van der Waals surface area contributed by atoms with Crippen molar-refractivity contribution in [3.63, 3.8) is 0 Å². The Morgan fingerprint density at radius 2 is 1.91 bits per heavy atom. The number of para-hydroxylation sites is 1. The average Bonchev–Trinajstić information content (AvgIpc) is 2.43. The van der Waals surface area contributed by atoms with Crippen LogP contribution in [0.15, 0.2) is 30.3 Å². The van der Waals surface area contributed by atoms with Crippen molar-refractivity contribution in [2.45, 2.75) is 0 Å². The first kappa shape index (κ1) is 19.2. The van der Waals surface area contributed by atoms with E-state index in [4.69, 9.17) is 0 Å². The van der Waals surface area contributed by atoms with Gasteiger partial charge in [0.25, 0.3) is 15.8 Å². The molecule has 0 unspecified atom stereocenters. The van der Waals surface area contributed by atoms with E-state index in [1.54, 1.807) is 6.07 Å². The van der Waals surface area contributed by atoms with Crippen LogP contribution >= 0.6 is 0 Å². The summed E-state index contributed by atoms with van der Waals surface area (Å²) < 4.78 is 51.3. The zero-order valence-corrected chi connectivity index (χ0v) is 13.8. The zero-order valence-electron chi connectivity index (χ0n) is 12.2. The highest BCUT2D eigenvalue weighted by Crippen LogP contribution is 2.18. The van der Waals surface area contributed by atoms with Crippen molar-refractivity contribution in [2.75, 3.05) is 25.2 Å². The molecule has 0 radical (unpaired) electrons. The van der Waals surface area contributed by atoms with Gasteiger partial charge in [-0.15, -0.1) is 0 Å². The first-order chi connectivity index (χ1) is 10.6. The van der Waals surface area contributed by atoms with Gasteiger partial charge in [-0.2, -0.15) is 8.42 Å². The number of nitro benzene ring substituents is 1. The monoisotopic (exact) mass is 364 g/mol. The van der Waals surface area contributed by atoms with Crippen LogP contribution in [-0.2, 0) is 24.3 Å². The van der Waals surface area contributed by atoms with Gasteiger partial charge in [0.05, 0.1) is 29.1 Å². The molecule has 0 saturated carbocycles. The third-order valence-corrected chi connectivity index (χ3v) is 4.34. The van der Waals surface area contributed by atoms with Crippen LogP contribution in [0.5, 0.6) is 0 Å². The number of nitrogens with one attached hydrogen (secondary N) is 1. The van der Waals surface area contributed by atoms with E-state index in [2.05, 4.69) is 8.91 Å². The van der Waals surface area contributed by atoms with E-state index in [1.807, 2.05) is 0 Å². The largest absolute Gasteiger partial charge is 0.276 e. The highest BCUT2D eigenvalue weighted by atomic mass is 32.2.